The number of rotatable bonds is 5. The predicted molar refractivity (Wildman–Crippen MR) is 66.6 cm³/mol. The molecule has 1 aromatic heterocycles. The maximum Gasteiger partial charge on any atom is 0.0596 e. The molecule has 2 rings (SSSR count). The number of hydrogen-bond acceptors (Lipinski definition) is 2. The van der Waals surface area contributed by atoms with Crippen LogP contribution in [-0.2, 0) is 13.0 Å². The minimum atomic E-state index is 0.508. The van der Waals surface area contributed by atoms with E-state index in [0.29, 0.717) is 5.41 Å². The summed E-state index contributed by atoms with van der Waals surface area (Å²) < 4.78 is 2.16. The summed E-state index contributed by atoms with van der Waals surface area (Å²) in [6, 6.07) is 2.25. The molecule has 1 aliphatic rings. The fourth-order valence-electron chi connectivity index (χ4n) is 2.87. The highest BCUT2D eigenvalue weighted by atomic mass is 15.3. The maximum absolute atomic E-state index is 4.53. The van der Waals surface area contributed by atoms with Crippen molar-refractivity contribution in [2.24, 2.45) is 5.41 Å². The molecule has 1 saturated carbocycles. The summed E-state index contributed by atoms with van der Waals surface area (Å²) in [4.78, 5) is 0. The fourth-order valence-corrected chi connectivity index (χ4v) is 2.87. The monoisotopic (exact) mass is 221 g/mol. The average molecular weight is 221 g/mol. The van der Waals surface area contributed by atoms with Gasteiger partial charge < -0.3 is 5.32 Å². The van der Waals surface area contributed by atoms with Crippen molar-refractivity contribution >= 4 is 0 Å². The third kappa shape index (κ3) is 2.14. The number of aromatic nitrogens is 2. The van der Waals surface area contributed by atoms with Gasteiger partial charge in [-0.05, 0) is 51.6 Å². The van der Waals surface area contributed by atoms with Gasteiger partial charge in [0.15, 0.2) is 0 Å². The van der Waals surface area contributed by atoms with E-state index in [-0.39, 0.29) is 0 Å². The molecule has 1 N–H and O–H groups in total. The second kappa shape index (κ2) is 4.58. The van der Waals surface area contributed by atoms with Gasteiger partial charge in [-0.25, -0.2) is 0 Å². The van der Waals surface area contributed by atoms with Crippen LogP contribution in [0.1, 0.15) is 37.6 Å². The lowest BCUT2D eigenvalue weighted by Crippen LogP contribution is -2.41. The molecule has 1 fully saturated rings. The SMILES string of the molecule is CCn1nc(C)cc1CC1(CNC)CCC1. The second-order valence-electron chi connectivity index (χ2n) is 5.15. The van der Waals surface area contributed by atoms with Crippen LogP contribution in [0.15, 0.2) is 6.07 Å². The highest BCUT2D eigenvalue weighted by molar-refractivity contribution is 5.13. The molecule has 1 aromatic rings. The van der Waals surface area contributed by atoms with Crippen LogP contribution in [0, 0.1) is 12.3 Å². The Bertz CT molecular complexity index is 350. The first-order chi connectivity index (χ1) is 7.69. The normalized spacial score (nSPS) is 18.4. The van der Waals surface area contributed by atoms with Gasteiger partial charge in [-0.3, -0.25) is 4.68 Å². The van der Waals surface area contributed by atoms with Crippen molar-refractivity contribution in [1.29, 1.82) is 0 Å². The first kappa shape index (κ1) is 11.6. The Hall–Kier alpha value is -0.830. The van der Waals surface area contributed by atoms with Gasteiger partial charge in [0, 0.05) is 18.8 Å². The summed E-state index contributed by atoms with van der Waals surface area (Å²) >= 11 is 0. The Morgan fingerprint density at radius 3 is 2.75 bits per heavy atom. The molecule has 0 radical (unpaired) electrons. The van der Waals surface area contributed by atoms with Gasteiger partial charge in [0.2, 0.25) is 0 Å². The largest absolute Gasteiger partial charge is 0.319 e. The molecule has 0 aliphatic heterocycles. The molecule has 16 heavy (non-hydrogen) atoms. The molecule has 3 nitrogen and oxygen atoms in total. The van der Waals surface area contributed by atoms with E-state index in [4.69, 9.17) is 0 Å². The van der Waals surface area contributed by atoms with E-state index in [1.54, 1.807) is 0 Å². The van der Waals surface area contributed by atoms with Gasteiger partial charge in [-0.15, -0.1) is 0 Å². The topological polar surface area (TPSA) is 29.9 Å². The van der Waals surface area contributed by atoms with Gasteiger partial charge >= 0.3 is 0 Å². The quantitative estimate of drug-likeness (QED) is 0.825. The van der Waals surface area contributed by atoms with Crippen molar-refractivity contribution < 1.29 is 0 Å². The molecule has 0 atom stereocenters. The highest BCUT2D eigenvalue weighted by Crippen LogP contribution is 2.43. The van der Waals surface area contributed by atoms with Gasteiger partial charge in [0.05, 0.1) is 5.69 Å². The lowest BCUT2D eigenvalue weighted by atomic mass is 9.66. The molecule has 1 aliphatic carbocycles. The lowest BCUT2D eigenvalue weighted by molar-refractivity contribution is 0.130. The molecule has 0 unspecified atom stereocenters. The van der Waals surface area contributed by atoms with Crippen LogP contribution in [0.25, 0.3) is 0 Å². The van der Waals surface area contributed by atoms with Crippen LogP contribution in [0.2, 0.25) is 0 Å². The Labute approximate surface area is 98.2 Å². The summed E-state index contributed by atoms with van der Waals surface area (Å²) in [5.41, 5.74) is 3.07. The molecular formula is C13H23N3. The molecule has 0 spiro atoms. The zero-order valence-electron chi connectivity index (χ0n) is 10.7. The zero-order chi connectivity index (χ0) is 11.6. The first-order valence-corrected chi connectivity index (χ1v) is 6.37. The smallest absolute Gasteiger partial charge is 0.0596 e. The maximum atomic E-state index is 4.53. The summed E-state index contributed by atoms with van der Waals surface area (Å²) in [6.07, 6.45) is 5.30. The third-order valence-electron chi connectivity index (χ3n) is 3.81. The molecule has 3 heteroatoms. The van der Waals surface area contributed by atoms with Gasteiger partial charge in [0.1, 0.15) is 0 Å². The van der Waals surface area contributed by atoms with E-state index in [1.165, 1.54) is 31.4 Å². The van der Waals surface area contributed by atoms with Crippen molar-refractivity contribution in [3.63, 3.8) is 0 Å². The number of nitrogens with zero attached hydrogens (tertiary/aromatic N) is 2. The molecule has 0 saturated heterocycles. The minimum absolute atomic E-state index is 0.508. The van der Waals surface area contributed by atoms with E-state index >= 15 is 0 Å². The third-order valence-corrected chi connectivity index (χ3v) is 3.81. The molecule has 0 aromatic carbocycles. The van der Waals surface area contributed by atoms with Crippen molar-refractivity contribution in [3.05, 3.63) is 17.5 Å². The van der Waals surface area contributed by atoms with Gasteiger partial charge in [-0.1, -0.05) is 6.42 Å². The van der Waals surface area contributed by atoms with Crippen LogP contribution in [0.3, 0.4) is 0 Å². The summed E-state index contributed by atoms with van der Waals surface area (Å²) in [5.74, 6) is 0. The minimum Gasteiger partial charge on any atom is -0.319 e. The first-order valence-electron chi connectivity index (χ1n) is 6.37. The van der Waals surface area contributed by atoms with Crippen LogP contribution < -0.4 is 5.32 Å². The van der Waals surface area contributed by atoms with Crippen LogP contribution >= 0.6 is 0 Å². The van der Waals surface area contributed by atoms with Crippen molar-refractivity contribution in [2.45, 2.75) is 46.1 Å². The molecule has 1 heterocycles. The summed E-state index contributed by atoms with van der Waals surface area (Å²) in [5, 5.41) is 7.87. The van der Waals surface area contributed by atoms with Gasteiger partial charge in [-0.2, -0.15) is 5.10 Å². The summed E-state index contributed by atoms with van der Waals surface area (Å²) in [7, 11) is 2.06. The van der Waals surface area contributed by atoms with Crippen LogP contribution in [-0.4, -0.2) is 23.4 Å². The average Bonchev–Trinajstić information content (AvgIpc) is 2.55. The fraction of sp³-hybridized carbons (Fsp3) is 0.769. The van der Waals surface area contributed by atoms with Crippen molar-refractivity contribution in [1.82, 2.24) is 15.1 Å². The van der Waals surface area contributed by atoms with E-state index in [0.717, 1.165) is 18.8 Å². The lowest BCUT2D eigenvalue weighted by Gasteiger charge is -2.42. The Morgan fingerprint density at radius 1 is 1.50 bits per heavy atom. The molecule has 90 valence electrons. The van der Waals surface area contributed by atoms with E-state index in [9.17, 15) is 0 Å². The van der Waals surface area contributed by atoms with E-state index in [2.05, 4.69) is 42.1 Å². The van der Waals surface area contributed by atoms with Crippen LogP contribution in [0.5, 0.6) is 0 Å². The summed E-state index contributed by atoms with van der Waals surface area (Å²) in [6.45, 7) is 6.38. The van der Waals surface area contributed by atoms with Gasteiger partial charge in [0.25, 0.3) is 0 Å². The predicted octanol–water partition coefficient (Wildman–Crippen LogP) is 2.14. The number of aryl methyl sites for hydroxylation is 2. The van der Waals surface area contributed by atoms with E-state index < -0.39 is 0 Å². The van der Waals surface area contributed by atoms with Crippen LogP contribution in [0.4, 0.5) is 0 Å². The van der Waals surface area contributed by atoms with E-state index in [1.807, 2.05) is 0 Å². The number of hydrogen-bond donors (Lipinski definition) is 1. The Kier molecular flexibility index (Phi) is 3.33. The highest BCUT2D eigenvalue weighted by Gasteiger charge is 2.37. The zero-order valence-corrected chi connectivity index (χ0v) is 10.7. The molecule has 0 amide bonds. The van der Waals surface area contributed by atoms with Crippen molar-refractivity contribution in [2.75, 3.05) is 13.6 Å². The Balaban J connectivity index is 2.12. The standard InChI is InChI=1S/C13H23N3/c1-4-16-12(8-11(2)15-16)9-13(10-14-3)6-5-7-13/h8,14H,4-7,9-10H2,1-3H3. The second-order valence-corrected chi connectivity index (χ2v) is 5.15. The Morgan fingerprint density at radius 2 is 2.25 bits per heavy atom. The molecular weight excluding hydrogens is 198 g/mol. The molecule has 0 bridgehead atoms. The number of nitrogens with one attached hydrogen (secondary N) is 1. The van der Waals surface area contributed by atoms with Crippen molar-refractivity contribution in [3.8, 4) is 0 Å².